The summed E-state index contributed by atoms with van der Waals surface area (Å²) in [6, 6.07) is 4.45. The molecule has 0 bridgehead atoms. The van der Waals surface area contributed by atoms with Gasteiger partial charge < -0.3 is 0 Å². The Kier molecular flexibility index (Phi) is 4.11. The Morgan fingerprint density at radius 1 is 0.957 bits per heavy atom. The Balaban J connectivity index is 2.03. The first-order valence-electron chi connectivity index (χ1n) is 6.59. The van der Waals surface area contributed by atoms with E-state index in [1.807, 2.05) is 6.92 Å². The highest BCUT2D eigenvalue weighted by Gasteiger charge is 2.34. The van der Waals surface area contributed by atoms with Crippen molar-refractivity contribution in [2.24, 2.45) is 0 Å². The molecule has 1 aliphatic rings. The lowest BCUT2D eigenvalue weighted by Gasteiger charge is -2.07. The molecule has 0 unspecified atom stereocenters. The van der Waals surface area contributed by atoms with Gasteiger partial charge in [0, 0.05) is 28.2 Å². The molecule has 2 aromatic rings. The quantitative estimate of drug-likeness (QED) is 0.568. The van der Waals surface area contributed by atoms with E-state index in [2.05, 4.69) is 4.98 Å². The number of aryl methyl sites for hydroxylation is 1. The number of nitrogens with zero attached hydrogens (tertiary/aromatic N) is 1. The van der Waals surface area contributed by atoms with Gasteiger partial charge in [0.2, 0.25) is 0 Å². The molecule has 7 heteroatoms. The van der Waals surface area contributed by atoms with Gasteiger partial charge in [-0.25, -0.2) is 0 Å². The zero-order valence-electron chi connectivity index (χ0n) is 11.7. The van der Waals surface area contributed by atoms with Gasteiger partial charge in [-0.15, -0.1) is 0 Å². The Morgan fingerprint density at radius 3 is 2.09 bits per heavy atom. The van der Waals surface area contributed by atoms with Gasteiger partial charge in [-0.1, -0.05) is 34.8 Å². The molecule has 0 fully saturated rings. The van der Waals surface area contributed by atoms with Gasteiger partial charge >= 0.3 is 6.18 Å². The lowest BCUT2D eigenvalue weighted by Crippen LogP contribution is -2.06. The Hall–Kier alpha value is -1.23. The molecular formula is C16H9Cl3F3N. The van der Waals surface area contributed by atoms with Crippen molar-refractivity contribution >= 4 is 45.9 Å². The van der Waals surface area contributed by atoms with Crippen molar-refractivity contribution in [1.82, 2.24) is 4.98 Å². The van der Waals surface area contributed by atoms with Crippen LogP contribution in [0.5, 0.6) is 0 Å². The minimum atomic E-state index is -4.47. The fraction of sp³-hybridized carbons (Fsp3) is 0.188. The molecule has 1 nitrogen and oxygen atoms in total. The molecular weight excluding hydrogens is 370 g/mol. The van der Waals surface area contributed by atoms with Gasteiger partial charge in [0.1, 0.15) is 0 Å². The molecule has 1 aliphatic carbocycles. The van der Waals surface area contributed by atoms with Crippen LogP contribution in [0.4, 0.5) is 13.2 Å². The predicted octanol–water partition coefficient (Wildman–Crippen LogP) is 6.68. The summed E-state index contributed by atoms with van der Waals surface area (Å²) in [5.41, 5.74) is 2.69. The summed E-state index contributed by atoms with van der Waals surface area (Å²) in [6.45, 7) is 1.87. The number of alkyl halides is 3. The molecule has 1 aromatic carbocycles. The number of pyridine rings is 1. The summed E-state index contributed by atoms with van der Waals surface area (Å²) in [7, 11) is 0. The van der Waals surface area contributed by atoms with Crippen LogP contribution in [0.2, 0.25) is 15.1 Å². The van der Waals surface area contributed by atoms with Crippen molar-refractivity contribution in [3.8, 4) is 0 Å². The number of rotatable bonds is 2. The van der Waals surface area contributed by atoms with Gasteiger partial charge in [-0.05, 0) is 41.8 Å². The van der Waals surface area contributed by atoms with Crippen LogP contribution in [0, 0.1) is 6.92 Å². The number of benzene rings is 1. The molecule has 0 aliphatic heterocycles. The Morgan fingerprint density at radius 2 is 1.57 bits per heavy atom. The second-order valence-electron chi connectivity index (χ2n) is 5.29. The zero-order chi connectivity index (χ0) is 16.9. The first-order chi connectivity index (χ1) is 10.7. The maximum Gasteiger partial charge on any atom is 0.417 e. The van der Waals surface area contributed by atoms with Crippen molar-refractivity contribution in [1.29, 1.82) is 0 Å². The maximum atomic E-state index is 12.7. The zero-order valence-corrected chi connectivity index (χ0v) is 14.0. The van der Waals surface area contributed by atoms with Crippen LogP contribution in [0.3, 0.4) is 0 Å². The highest BCUT2D eigenvalue weighted by molar-refractivity contribution is 6.39. The van der Waals surface area contributed by atoms with E-state index >= 15 is 0 Å². The van der Waals surface area contributed by atoms with Crippen molar-refractivity contribution < 1.29 is 13.2 Å². The predicted molar refractivity (Wildman–Crippen MR) is 86.9 cm³/mol. The van der Waals surface area contributed by atoms with E-state index in [4.69, 9.17) is 34.8 Å². The number of hydrogen-bond acceptors (Lipinski definition) is 1. The highest BCUT2D eigenvalue weighted by atomic mass is 35.5. The number of halogens is 6. The molecule has 0 saturated carbocycles. The van der Waals surface area contributed by atoms with E-state index in [1.54, 1.807) is 12.1 Å². The van der Waals surface area contributed by atoms with Crippen LogP contribution < -0.4 is 0 Å². The van der Waals surface area contributed by atoms with Gasteiger partial charge in [0.25, 0.3) is 0 Å². The van der Waals surface area contributed by atoms with Gasteiger partial charge in [-0.2, -0.15) is 13.2 Å². The molecule has 0 radical (unpaired) electrons. The minimum Gasteiger partial charge on any atom is -0.254 e. The van der Waals surface area contributed by atoms with E-state index in [9.17, 15) is 13.2 Å². The molecule has 0 N–H and O–H groups in total. The summed E-state index contributed by atoms with van der Waals surface area (Å²) in [4.78, 5) is 3.86. The molecule has 1 heterocycles. The van der Waals surface area contributed by atoms with Gasteiger partial charge in [0.05, 0.1) is 16.3 Å². The third-order valence-electron chi connectivity index (χ3n) is 3.54. The van der Waals surface area contributed by atoms with E-state index in [0.29, 0.717) is 27.7 Å². The molecule has 3 rings (SSSR count). The topological polar surface area (TPSA) is 12.9 Å². The number of aromatic nitrogens is 1. The third-order valence-corrected chi connectivity index (χ3v) is 4.42. The molecule has 23 heavy (non-hydrogen) atoms. The minimum absolute atomic E-state index is 0.0378. The summed E-state index contributed by atoms with van der Waals surface area (Å²) >= 11 is 18.4. The van der Waals surface area contributed by atoms with Crippen LogP contribution in [0.15, 0.2) is 24.4 Å². The third kappa shape index (κ3) is 3.21. The molecule has 1 aromatic heterocycles. The largest absolute Gasteiger partial charge is 0.417 e. The average Bonchev–Trinajstić information content (AvgIpc) is 3.16. The lowest BCUT2D eigenvalue weighted by atomic mass is 10.1. The van der Waals surface area contributed by atoms with Crippen LogP contribution in [0.25, 0.3) is 11.1 Å². The van der Waals surface area contributed by atoms with E-state index in [1.165, 1.54) is 0 Å². The van der Waals surface area contributed by atoms with Crippen molar-refractivity contribution in [2.75, 3.05) is 0 Å². The summed E-state index contributed by atoms with van der Waals surface area (Å²) in [5.74, 6) is 0. The summed E-state index contributed by atoms with van der Waals surface area (Å²) < 4.78 is 38.0. The monoisotopic (exact) mass is 377 g/mol. The second kappa shape index (κ2) is 5.69. The standard InChI is InChI=1S/C16H9Cl3F3N/c1-7-2-11(17)14(12(18)3-7)9-5-10(9)15-13(19)4-8(6-23-15)16(20,21)22/h2-4,6H,5H2,1H3. The average molecular weight is 379 g/mol. The second-order valence-corrected chi connectivity index (χ2v) is 6.51. The fourth-order valence-electron chi connectivity index (χ4n) is 2.40. The summed E-state index contributed by atoms with van der Waals surface area (Å²) in [6.07, 6.45) is -3.15. The van der Waals surface area contributed by atoms with Crippen molar-refractivity contribution in [3.05, 3.63) is 61.8 Å². The summed E-state index contributed by atoms with van der Waals surface area (Å²) in [5, 5.41) is 0.968. The highest BCUT2D eigenvalue weighted by Crippen LogP contribution is 2.52. The number of hydrogen-bond donors (Lipinski definition) is 0. The fourth-order valence-corrected chi connectivity index (χ4v) is 3.51. The smallest absolute Gasteiger partial charge is 0.254 e. The van der Waals surface area contributed by atoms with Crippen LogP contribution in [-0.4, -0.2) is 4.98 Å². The van der Waals surface area contributed by atoms with E-state index in [-0.39, 0.29) is 5.02 Å². The normalized spacial score (nSPS) is 14.4. The lowest BCUT2D eigenvalue weighted by molar-refractivity contribution is -0.137. The van der Waals surface area contributed by atoms with Crippen LogP contribution in [-0.2, 0) is 6.18 Å². The maximum absolute atomic E-state index is 12.7. The first-order valence-corrected chi connectivity index (χ1v) is 7.73. The van der Waals surface area contributed by atoms with Gasteiger partial charge in [0.15, 0.2) is 0 Å². The Bertz CT molecular complexity index is 818. The molecule has 0 amide bonds. The van der Waals surface area contributed by atoms with E-state index in [0.717, 1.165) is 29.0 Å². The van der Waals surface area contributed by atoms with Gasteiger partial charge in [-0.3, -0.25) is 4.98 Å². The molecule has 0 spiro atoms. The Labute approximate surface area is 145 Å². The molecule has 0 atom stereocenters. The SMILES string of the molecule is Cc1cc(Cl)c(C2=C(c3ncc(C(F)(F)F)cc3Cl)C2)c(Cl)c1. The van der Waals surface area contributed by atoms with E-state index < -0.39 is 11.7 Å². The van der Waals surface area contributed by atoms with Crippen LogP contribution >= 0.6 is 34.8 Å². The number of allylic oxidation sites excluding steroid dienone is 2. The van der Waals surface area contributed by atoms with Crippen molar-refractivity contribution in [3.63, 3.8) is 0 Å². The molecule has 120 valence electrons. The molecule has 0 saturated heterocycles. The van der Waals surface area contributed by atoms with Crippen LogP contribution in [0.1, 0.15) is 28.8 Å². The first kappa shape index (κ1) is 16.6. The van der Waals surface area contributed by atoms with Crippen molar-refractivity contribution in [2.45, 2.75) is 19.5 Å².